The van der Waals surface area contributed by atoms with E-state index in [2.05, 4.69) is 5.32 Å². The molecule has 31 heavy (non-hydrogen) atoms. The van der Waals surface area contributed by atoms with E-state index in [-0.39, 0.29) is 22.6 Å². The molecule has 1 aromatic heterocycles. The number of carboxylic acid groups (broad SMARTS) is 1. The van der Waals surface area contributed by atoms with Crippen molar-refractivity contribution >= 4 is 22.6 Å². The minimum absolute atomic E-state index is 0.0162. The number of aromatic carboxylic acids is 1. The maximum atomic E-state index is 15.0. The molecule has 1 saturated heterocycles. The maximum absolute atomic E-state index is 15.0. The Morgan fingerprint density at radius 2 is 1.90 bits per heavy atom. The van der Waals surface area contributed by atoms with Gasteiger partial charge in [0, 0.05) is 37.3 Å². The summed E-state index contributed by atoms with van der Waals surface area (Å²) in [6, 6.07) is 4.13. The van der Waals surface area contributed by atoms with E-state index in [1.807, 2.05) is 6.92 Å². The Bertz CT molecular complexity index is 1280. The highest BCUT2D eigenvalue weighted by molar-refractivity contribution is 5.94. The predicted molar refractivity (Wildman–Crippen MR) is 108 cm³/mol. The molecular weight excluding hydrogens is 415 g/mol. The van der Waals surface area contributed by atoms with Crippen LogP contribution in [0.25, 0.3) is 16.6 Å². The lowest BCUT2D eigenvalue weighted by atomic mass is 10.1. The molecule has 1 atom stereocenters. The van der Waals surface area contributed by atoms with E-state index in [4.69, 9.17) is 0 Å². The first-order valence-corrected chi connectivity index (χ1v) is 9.47. The molecule has 1 aliphatic rings. The number of nitrogens with one attached hydrogen (secondary N) is 1. The molecule has 0 bridgehead atoms. The molecule has 3 aromatic rings. The summed E-state index contributed by atoms with van der Waals surface area (Å²) < 4.78 is 44.2. The van der Waals surface area contributed by atoms with Crippen molar-refractivity contribution in [1.29, 1.82) is 0 Å². The van der Waals surface area contributed by atoms with Crippen LogP contribution in [-0.2, 0) is 0 Å². The molecular formula is C21H18F3N3O4. The molecule has 1 fully saturated rings. The Morgan fingerprint density at radius 3 is 2.58 bits per heavy atom. The van der Waals surface area contributed by atoms with Gasteiger partial charge >= 0.3 is 5.97 Å². The van der Waals surface area contributed by atoms with E-state index in [0.717, 1.165) is 29.0 Å². The van der Waals surface area contributed by atoms with Crippen LogP contribution in [0.4, 0.5) is 18.9 Å². The highest BCUT2D eigenvalue weighted by Gasteiger charge is 2.24. The van der Waals surface area contributed by atoms with Gasteiger partial charge in [0.2, 0.25) is 5.43 Å². The zero-order chi connectivity index (χ0) is 22.4. The number of nitrogens with zero attached hydrogens (tertiary/aromatic N) is 2. The second-order valence-corrected chi connectivity index (χ2v) is 7.40. The van der Waals surface area contributed by atoms with Gasteiger partial charge in [-0.3, -0.25) is 4.79 Å². The zero-order valence-electron chi connectivity index (χ0n) is 16.3. The molecule has 4 rings (SSSR count). The third-order valence-electron chi connectivity index (χ3n) is 5.32. The Hall–Kier alpha value is -3.53. The van der Waals surface area contributed by atoms with Gasteiger partial charge in [0.25, 0.3) is 0 Å². The number of anilines is 1. The Kier molecular flexibility index (Phi) is 5.10. The number of pyridine rings is 1. The largest absolute Gasteiger partial charge is 0.503 e. The first-order valence-electron chi connectivity index (χ1n) is 9.47. The van der Waals surface area contributed by atoms with Crippen LogP contribution in [0, 0.1) is 17.5 Å². The van der Waals surface area contributed by atoms with Crippen molar-refractivity contribution in [2.75, 3.05) is 24.5 Å². The van der Waals surface area contributed by atoms with E-state index < -0.39 is 45.9 Å². The van der Waals surface area contributed by atoms with Crippen molar-refractivity contribution in [2.24, 2.45) is 0 Å². The second kappa shape index (κ2) is 7.62. The number of phenolic OH excluding ortho intramolecular Hbond substituents is 1. The Balaban J connectivity index is 2.05. The van der Waals surface area contributed by atoms with Crippen LogP contribution in [-0.4, -0.2) is 46.4 Å². The highest BCUT2D eigenvalue weighted by Crippen LogP contribution is 2.31. The predicted octanol–water partition coefficient (Wildman–Crippen LogP) is 2.61. The van der Waals surface area contributed by atoms with Gasteiger partial charge in [0.05, 0.1) is 16.9 Å². The average Bonchev–Trinajstić information content (AvgIpc) is 2.72. The lowest BCUT2D eigenvalue weighted by Crippen LogP contribution is -2.49. The molecule has 0 saturated carbocycles. The monoisotopic (exact) mass is 433 g/mol. The number of hydrogen-bond acceptors (Lipinski definition) is 5. The quantitative estimate of drug-likeness (QED) is 0.588. The lowest BCUT2D eigenvalue weighted by molar-refractivity contribution is 0.0695. The van der Waals surface area contributed by atoms with E-state index in [1.165, 1.54) is 6.07 Å². The van der Waals surface area contributed by atoms with Crippen LogP contribution < -0.4 is 15.6 Å². The third-order valence-corrected chi connectivity index (χ3v) is 5.32. The summed E-state index contributed by atoms with van der Waals surface area (Å²) in [5.74, 6) is -6.11. The van der Waals surface area contributed by atoms with Crippen molar-refractivity contribution in [3.8, 4) is 11.4 Å². The van der Waals surface area contributed by atoms with Crippen molar-refractivity contribution in [3.63, 3.8) is 0 Å². The van der Waals surface area contributed by atoms with Crippen molar-refractivity contribution in [1.82, 2.24) is 9.88 Å². The molecule has 0 aliphatic carbocycles. The number of rotatable bonds is 3. The van der Waals surface area contributed by atoms with E-state index in [0.29, 0.717) is 19.6 Å². The van der Waals surface area contributed by atoms with Crippen molar-refractivity contribution in [3.05, 3.63) is 63.7 Å². The fraction of sp³-hybridized carbons (Fsp3) is 0.238. The topological polar surface area (TPSA) is 94.8 Å². The summed E-state index contributed by atoms with van der Waals surface area (Å²) in [5, 5.41) is 22.0. The highest BCUT2D eigenvalue weighted by atomic mass is 19.1. The van der Waals surface area contributed by atoms with Gasteiger partial charge in [-0.15, -0.1) is 0 Å². The Labute approximate surface area is 174 Å². The molecule has 162 valence electrons. The molecule has 2 heterocycles. The normalized spacial score (nSPS) is 16.6. The minimum atomic E-state index is -1.59. The van der Waals surface area contributed by atoms with Crippen LogP contribution in [0.15, 0.2) is 35.3 Å². The minimum Gasteiger partial charge on any atom is -0.503 e. The van der Waals surface area contributed by atoms with Crippen molar-refractivity contribution in [2.45, 2.75) is 13.0 Å². The van der Waals surface area contributed by atoms with Gasteiger partial charge in [-0.05, 0) is 31.2 Å². The Morgan fingerprint density at radius 1 is 1.16 bits per heavy atom. The van der Waals surface area contributed by atoms with Crippen LogP contribution in [0.2, 0.25) is 0 Å². The summed E-state index contributed by atoms with van der Waals surface area (Å²) >= 11 is 0. The van der Waals surface area contributed by atoms with Gasteiger partial charge in [0.15, 0.2) is 17.4 Å². The number of phenols is 1. The van der Waals surface area contributed by atoms with Gasteiger partial charge in [-0.1, -0.05) is 0 Å². The molecule has 1 unspecified atom stereocenters. The zero-order valence-corrected chi connectivity index (χ0v) is 16.3. The number of halogens is 3. The van der Waals surface area contributed by atoms with Crippen LogP contribution >= 0.6 is 0 Å². The summed E-state index contributed by atoms with van der Waals surface area (Å²) in [7, 11) is 0. The fourth-order valence-electron chi connectivity index (χ4n) is 3.80. The molecule has 3 N–H and O–H groups in total. The van der Waals surface area contributed by atoms with Crippen LogP contribution in [0.1, 0.15) is 17.3 Å². The van der Waals surface area contributed by atoms with Gasteiger partial charge in [-0.25, -0.2) is 18.0 Å². The summed E-state index contributed by atoms with van der Waals surface area (Å²) in [6.07, 6.45) is 0.880. The first kappa shape index (κ1) is 20.7. The number of piperazine rings is 1. The number of carbonyl (C=O) groups is 1. The molecule has 0 radical (unpaired) electrons. The average molecular weight is 433 g/mol. The summed E-state index contributed by atoms with van der Waals surface area (Å²) in [4.78, 5) is 26.0. The van der Waals surface area contributed by atoms with Crippen LogP contribution in [0.3, 0.4) is 0 Å². The van der Waals surface area contributed by atoms with Gasteiger partial charge < -0.3 is 25.0 Å². The molecule has 0 spiro atoms. The van der Waals surface area contributed by atoms with Crippen LogP contribution in [0.5, 0.6) is 5.75 Å². The maximum Gasteiger partial charge on any atom is 0.341 e. The fourth-order valence-corrected chi connectivity index (χ4v) is 3.80. The first-order chi connectivity index (χ1) is 14.7. The second-order valence-electron chi connectivity index (χ2n) is 7.40. The number of aromatic nitrogens is 1. The molecule has 7 nitrogen and oxygen atoms in total. The summed E-state index contributed by atoms with van der Waals surface area (Å²) in [5.41, 5.74) is -1.88. The van der Waals surface area contributed by atoms with Crippen molar-refractivity contribution < 1.29 is 28.2 Å². The summed E-state index contributed by atoms with van der Waals surface area (Å²) in [6.45, 7) is 3.49. The molecule has 10 heteroatoms. The van der Waals surface area contributed by atoms with E-state index in [9.17, 15) is 33.0 Å². The van der Waals surface area contributed by atoms with E-state index >= 15 is 0 Å². The number of benzene rings is 2. The number of aromatic hydroxyl groups is 1. The van der Waals surface area contributed by atoms with Gasteiger partial charge in [-0.2, -0.15) is 0 Å². The SMILES string of the molecule is CC1CN(c2cc3c(cc2F)c(=O)c(C(=O)O)cn3-c2ccc(F)c(O)c2F)CCN1. The molecule has 0 amide bonds. The number of fused-ring (bicyclic) bond motifs is 1. The van der Waals surface area contributed by atoms with E-state index in [1.54, 1.807) is 4.90 Å². The molecule has 1 aliphatic heterocycles. The standard InChI is InChI=1S/C21H18F3N3O4/c1-10-8-26(5-4-25-10)17-7-16-11(6-14(17)23)19(28)12(21(30)31)9-27(16)15-3-2-13(22)20(29)18(15)24/h2-3,6-7,9-10,25,29H,4-5,8H2,1H3,(H,30,31). The molecule has 2 aromatic carbocycles. The number of hydrogen-bond donors (Lipinski definition) is 3. The van der Waals surface area contributed by atoms with Gasteiger partial charge in [0.1, 0.15) is 11.4 Å². The smallest absolute Gasteiger partial charge is 0.341 e. The third kappa shape index (κ3) is 3.48. The number of carboxylic acids is 1. The lowest BCUT2D eigenvalue weighted by Gasteiger charge is -2.34.